The Bertz CT molecular complexity index is 280. The molecular formula is C12H18ClNO. The lowest BCUT2D eigenvalue weighted by atomic mass is 10.1. The molecule has 0 aliphatic carbocycles. The van der Waals surface area contributed by atoms with Gasteiger partial charge in [0.1, 0.15) is 5.75 Å². The first-order valence-corrected chi connectivity index (χ1v) is 5.36. The highest BCUT2D eigenvalue weighted by atomic mass is 35.5. The molecule has 0 amide bonds. The summed E-state index contributed by atoms with van der Waals surface area (Å²) in [6, 6.07) is 8.99. The summed E-state index contributed by atoms with van der Waals surface area (Å²) in [5, 5.41) is 3.48. The fraction of sp³-hybridized carbons (Fsp3) is 0.500. The van der Waals surface area contributed by atoms with Crippen LogP contribution < -0.4 is 10.1 Å². The summed E-state index contributed by atoms with van der Waals surface area (Å²) in [6.07, 6.45) is 2.55. The van der Waals surface area contributed by atoms with Gasteiger partial charge in [0.05, 0.1) is 6.61 Å². The van der Waals surface area contributed by atoms with Gasteiger partial charge in [-0.05, 0) is 44.0 Å². The topological polar surface area (TPSA) is 21.3 Å². The van der Waals surface area contributed by atoms with E-state index in [4.69, 9.17) is 4.74 Å². The van der Waals surface area contributed by atoms with E-state index in [1.807, 2.05) is 6.92 Å². The van der Waals surface area contributed by atoms with Crippen LogP contribution in [0.4, 0.5) is 0 Å². The number of benzene rings is 1. The Morgan fingerprint density at radius 3 is 2.60 bits per heavy atom. The predicted molar refractivity (Wildman–Crippen MR) is 64.8 cm³/mol. The van der Waals surface area contributed by atoms with Crippen molar-refractivity contribution in [2.45, 2.75) is 25.8 Å². The quantitative estimate of drug-likeness (QED) is 0.858. The number of ether oxygens (including phenoxy) is 1. The first-order chi connectivity index (χ1) is 6.90. The molecule has 1 aromatic rings. The van der Waals surface area contributed by atoms with E-state index in [9.17, 15) is 0 Å². The van der Waals surface area contributed by atoms with Crippen LogP contribution in [0.2, 0.25) is 0 Å². The largest absolute Gasteiger partial charge is 0.494 e. The van der Waals surface area contributed by atoms with Gasteiger partial charge in [-0.2, -0.15) is 0 Å². The molecule has 0 bridgehead atoms. The van der Waals surface area contributed by atoms with Gasteiger partial charge in [0.25, 0.3) is 0 Å². The van der Waals surface area contributed by atoms with Crippen molar-refractivity contribution in [2.75, 3.05) is 13.2 Å². The van der Waals surface area contributed by atoms with E-state index in [1.165, 1.54) is 18.4 Å². The molecular weight excluding hydrogens is 210 g/mol. The van der Waals surface area contributed by atoms with E-state index in [2.05, 4.69) is 29.6 Å². The molecule has 1 aliphatic rings. The van der Waals surface area contributed by atoms with E-state index < -0.39 is 0 Å². The summed E-state index contributed by atoms with van der Waals surface area (Å²) in [7, 11) is 0. The van der Waals surface area contributed by atoms with Crippen LogP contribution in [0.5, 0.6) is 5.75 Å². The molecule has 1 saturated heterocycles. The van der Waals surface area contributed by atoms with Crippen LogP contribution in [0.1, 0.15) is 31.4 Å². The zero-order chi connectivity index (χ0) is 9.80. The fourth-order valence-corrected chi connectivity index (χ4v) is 1.93. The molecule has 0 spiro atoms. The first kappa shape index (κ1) is 12.3. The average Bonchev–Trinajstić information content (AvgIpc) is 2.72. The maximum Gasteiger partial charge on any atom is 0.119 e. The Labute approximate surface area is 97.4 Å². The molecule has 1 aromatic carbocycles. The van der Waals surface area contributed by atoms with Gasteiger partial charge in [0.2, 0.25) is 0 Å². The second kappa shape index (κ2) is 5.99. The molecule has 2 nitrogen and oxygen atoms in total. The molecule has 1 heterocycles. The van der Waals surface area contributed by atoms with Crippen LogP contribution in [0.15, 0.2) is 24.3 Å². The Balaban J connectivity index is 0.00000112. The molecule has 1 atom stereocenters. The van der Waals surface area contributed by atoms with Gasteiger partial charge in [-0.15, -0.1) is 12.4 Å². The van der Waals surface area contributed by atoms with Crippen molar-refractivity contribution in [3.63, 3.8) is 0 Å². The zero-order valence-corrected chi connectivity index (χ0v) is 9.85. The molecule has 2 rings (SSSR count). The van der Waals surface area contributed by atoms with Crippen LogP contribution in [0, 0.1) is 0 Å². The maximum atomic E-state index is 5.40. The van der Waals surface area contributed by atoms with E-state index in [-0.39, 0.29) is 12.4 Å². The zero-order valence-electron chi connectivity index (χ0n) is 9.03. The summed E-state index contributed by atoms with van der Waals surface area (Å²) in [5.41, 5.74) is 1.38. The monoisotopic (exact) mass is 227 g/mol. The van der Waals surface area contributed by atoms with Crippen LogP contribution in [0.3, 0.4) is 0 Å². The second-order valence-electron chi connectivity index (χ2n) is 3.65. The average molecular weight is 228 g/mol. The van der Waals surface area contributed by atoms with E-state index in [1.54, 1.807) is 0 Å². The third-order valence-electron chi connectivity index (χ3n) is 2.65. The number of rotatable bonds is 3. The van der Waals surface area contributed by atoms with Crippen molar-refractivity contribution < 1.29 is 4.74 Å². The summed E-state index contributed by atoms with van der Waals surface area (Å²) in [4.78, 5) is 0. The Morgan fingerprint density at radius 2 is 2.07 bits per heavy atom. The fourth-order valence-electron chi connectivity index (χ4n) is 1.93. The molecule has 1 aliphatic heterocycles. The van der Waals surface area contributed by atoms with Crippen molar-refractivity contribution in [3.8, 4) is 5.75 Å². The minimum atomic E-state index is 0. The molecule has 0 radical (unpaired) electrons. The van der Waals surface area contributed by atoms with Crippen LogP contribution in [0.25, 0.3) is 0 Å². The smallest absolute Gasteiger partial charge is 0.119 e. The van der Waals surface area contributed by atoms with Crippen LogP contribution >= 0.6 is 12.4 Å². The van der Waals surface area contributed by atoms with Crippen molar-refractivity contribution in [3.05, 3.63) is 29.8 Å². The molecule has 0 saturated carbocycles. The maximum absolute atomic E-state index is 5.40. The summed E-state index contributed by atoms with van der Waals surface area (Å²) < 4.78 is 5.40. The lowest BCUT2D eigenvalue weighted by molar-refractivity contribution is 0.340. The van der Waals surface area contributed by atoms with Crippen molar-refractivity contribution in [1.82, 2.24) is 5.32 Å². The Kier molecular flexibility index (Phi) is 4.92. The normalized spacial score (nSPS) is 19.7. The Morgan fingerprint density at radius 1 is 1.33 bits per heavy atom. The number of hydrogen-bond donors (Lipinski definition) is 1. The summed E-state index contributed by atoms with van der Waals surface area (Å²) >= 11 is 0. The third-order valence-corrected chi connectivity index (χ3v) is 2.65. The minimum absolute atomic E-state index is 0. The highest BCUT2D eigenvalue weighted by Gasteiger charge is 2.15. The predicted octanol–water partition coefficient (Wildman–Crippen LogP) is 2.93. The highest BCUT2D eigenvalue weighted by molar-refractivity contribution is 5.85. The van der Waals surface area contributed by atoms with Crippen molar-refractivity contribution in [2.24, 2.45) is 0 Å². The molecule has 0 unspecified atom stereocenters. The molecule has 15 heavy (non-hydrogen) atoms. The Hall–Kier alpha value is -0.730. The van der Waals surface area contributed by atoms with Gasteiger partial charge < -0.3 is 10.1 Å². The van der Waals surface area contributed by atoms with Gasteiger partial charge in [-0.3, -0.25) is 0 Å². The molecule has 0 aromatic heterocycles. The van der Waals surface area contributed by atoms with Crippen LogP contribution in [-0.4, -0.2) is 13.2 Å². The van der Waals surface area contributed by atoms with E-state index in [0.717, 1.165) is 18.9 Å². The van der Waals surface area contributed by atoms with E-state index in [0.29, 0.717) is 6.04 Å². The number of hydrogen-bond acceptors (Lipinski definition) is 2. The van der Waals surface area contributed by atoms with Gasteiger partial charge in [0.15, 0.2) is 0 Å². The third kappa shape index (κ3) is 3.11. The molecule has 1 N–H and O–H groups in total. The van der Waals surface area contributed by atoms with Gasteiger partial charge in [-0.1, -0.05) is 12.1 Å². The highest BCUT2D eigenvalue weighted by Crippen LogP contribution is 2.24. The lowest BCUT2D eigenvalue weighted by Crippen LogP contribution is -2.12. The number of nitrogens with one attached hydrogen (secondary N) is 1. The van der Waals surface area contributed by atoms with Gasteiger partial charge >= 0.3 is 0 Å². The molecule has 1 fully saturated rings. The minimum Gasteiger partial charge on any atom is -0.494 e. The van der Waals surface area contributed by atoms with Gasteiger partial charge in [0, 0.05) is 6.04 Å². The lowest BCUT2D eigenvalue weighted by Gasteiger charge is -2.11. The summed E-state index contributed by atoms with van der Waals surface area (Å²) in [6.45, 7) is 3.89. The molecule has 3 heteroatoms. The van der Waals surface area contributed by atoms with Crippen molar-refractivity contribution in [1.29, 1.82) is 0 Å². The summed E-state index contributed by atoms with van der Waals surface area (Å²) in [5.74, 6) is 0.967. The van der Waals surface area contributed by atoms with Gasteiger partial charge in [-0.25, -0.2) is 0 Å². The molecule has 84 valence electrons. The SMILES string of the molecule is CCOc1ccc([C@@H]2CCCN2)cc1.Cl. The van der Waals surface area contributed by atoms with Crippen molar-refractivity contribution >= 4 is 12.4 Å². The second-order valence-corrected chi connectivity index (χ2v) is 3.65. The van der Waals surface area contributed by atoms with Crippen LogP contribution in [-0.2, 0) is 0 Å². The standard InChI is InChI=1S/C12H17NO.ClH/c1-2-14-11-7-5-10(6-8-11)12-4-3-9-13-12;/h5-8,12-13H,2-4,9H2,1H3;1H/t12-;/m0./s1. The number of halogens is 1. The first-order valence-electron chi connectivity index (χ1n) is 5.36. The van der Waals surface area contributed by atoms with E-state index >= 15 is 0 Å².